The molecule has 710 valence electrons. The Hall–Kier alpha value is -15.6. The third kappa shape index (κ3) is 34.5. The van der Waals surface area contributed by atoms with E-state index in [2.05, 4.69) is 35.6 Å². The zero-order valence-electron chi connectivity index (χ0n) is 77.3. The molecular formula is C108H108N4O23S2. The van der Waals surface area contributed by atoms with Gasteiger partial charge in [-0.3, -0.25) is 33.8 Å². The number of hydrogen-bond acceptors (Lipinski definition) is 19. The minimum Gasteiger partial charge on any atom is -0.478 e. The molecule has 0 saturated carbocycles. The molecular weight excluding hydrogens is 1790 g/mol. The molecule has 1 atom stereocenters. The van der Waals surface area contributed by atoms with Gasteiger partial charge in [-0.25, -0.2) is 54.6 Å². The highest BCUT2D eigenvalue weighted by atomic mass is 32.2. The molecule has 137 heavy (non-hydrogen) atoms. The summed E-state index contributed by atoms with van der Waals surface area (Å²) in [5, 5.41) is 58.9. The van der Waals surface area contributed by atoms with Crippen molar-refractivity contribution in [1.29, 1.82) is 0 Å². The summed E-state index contributed by atoms with van der Waals surface area (Å²) in [7, 11) is -1.92. The van der Waals surface area contributed by atoms with Crippen LogP contribution in [0.25, 0.3) is 0 Å². The van der Waals surface area contributed by atoms with E-state index in [1.54, 1.807) is 147 Å². The van der Waals surface area contributed by atoms with Gasteiger partial charge in [0.2, 0.25) is 20.0 Å². The zero-order valence-corrected chi connectivity index (χ0v) is 79.0. The van der Waals surface area contributed by atoms with Crippen LogP contribution >= 0.6 is 0 Å². The summed E-state index contributed by atoms with van der Waals surface area (Å²) < 4.78 is 48.9. The van der Waals surface area contributed by atoms with Crippen LogP contribution in [-0.2, 0) is 82.9 Å². The molecule has 0 spiro atoms. The molecule has 0 heterocycles. The second kappa shape index (κ2) is 53.4. The van der Waals surface area contributed by atoms with Gasteiger partial charge >= 0.3 is 35.8 Å². The van der Waals surface area contributed by atoms with E-state index in [1.165, 1.54) is 78.6 Å². The number of aromatic carboxylic acids is 6. The lowest BCUT2D eigenvalue weighted by Crippen LogP contribution is -2.24. The fourth-order valence-electron chi connectivity index (χ4n) is 14.0. The predicted octanol–water partition coefficient (Wildman–Crippen LogP) is 18.6. The van der Waals surface area contributed by atoms with Gasteiger partial charge in [0.05, 0.1) is 51.6 Å². The Morgan fingerprint density at radius 1 is 0.350 bits per heavy atom. The highest BCUT2D eigenvalue weighted by Crippen LogP contribution is 2.25. The Balaban J connectivity index is 0.000000224. The lowest BCUT2D eigenvalue weighted by molar-refractivity contribution is 0.0683. The van der Waals surface area contributed by atoms with Gasteiger partial charge in [-0.15, -0.1) is 0 Å². The van der Waals surface area contributed by atoms with Crippen molar-refractivity contribution in [3.8, 4) is 0 Å². The molecule has 0 aliphatic heterocycles. The van der Waals surface area contributed by atoms with Gasteiger partial charge in [-0.2, -0.15) is 0 Å². The molecule has 0 amide bonds. The molecule has 0 radical (unpaired) electrons. The summed E-state index contributed by atoms with van der Waals surface area (Å²) >= 11 is 0. The number of Topliss-reactive ketones (excluding diaryl/α,β-unsaturated/α-hetero) is 6. The fraction of sp³-hybridized carbons (Fsp3) is 0.204. The third-order valence-corrected chi connectivity index (χ3v) is 23.4. The second-order valence-corrected chi connectivity index (χ2v) is 35.5. The molecule has 12 aromatic carbocycles. The first kappa shape index (κ1) is 108. The topological polar surface area (TPSA) is 444 Å². The molecule has 1 unspecified atom stereocenters. The van der Waals surface area contributed by atoms with Gasteiger partial charge in [0.1, 0.15) is 7.11 Å². The number of aliphatic imine (C=N–C) groups is 1. The second-order valence-electron chi connectivity index (χ2n) is 31.6. The smallest absolute Gasteiger partial charge is 0.336 e. The average molecular weight is 1890 g/mol. The minimum atomic E-state index is -3.30. The van der Waals surface area contributed by atoms with Crippen LogP contribution in [0.3, 0.4) is 0 Å². The standard InChI is InChI=1S/C19H20O3.C18H19NO5S.C18H17NO4.C18H17NO3.C18H18O3.C17H17NO5S/c1-3-13(2)15-10-8-14(9-11-15)12-18(20)16-6-4-5-7-17(16)19(21)22;1-19(25(2,23)24)12-14-7-5-6-13(10-14)11-17(20)15-8-3-4-9-16(15)18(21)22;1-12(19-23-2)14-7-5-6-13(10-14)11-17(20)15-8-3-4-9-16(15)18(21)22;1-12(19-2)14-7-5-6-13(10-14)11-17(20)15-8-3-4-9-16(15)18(21)22;1-2-7-13-8-3-4-9-14(13)12-17(19)15-10-5-6-11-16(15)18(20)21;1-24(22,23)18-11-13-6-4-5-12(9-13)10-16(19)14-7-2-3-8-15(14)17(20)21/h4-11,13H,3,12H2,1-2H3,(H,21,22);3-10H,11-12H2,1-2H3,(H,21,22);3-10H,11H2,1-2H3,(H,21,22);3-10H,11H2,1-2H3,(H,21,22);3-6,8-11H,2,7,12H2,1H3,(H,20,21);2-9,18H,10-11H2,1H3,(H,20,21). The molecule has 29 heteroatoms. The van der Waals surface area contributed by atoms with E-state index in [-0.39, 0.29) is 153 Å². The van der Waals surface area contributed by atoms with E-state index >= 15 is 0 Å². The SMILES string of the molecule is CCC(C)c1ccc(CC(=O)c2ccccc2C(=O)O)cc1.CCCc1ccccc1CC(=O)c1ccccc1C(=O)O.CN(Cc1cccc(CC(=O)c2ccccc2C(=O)O)c1)S(C)(=O)=O.CN=C(C)c1cccc(CC(=O)c2ccccc2C(=O)O)c1.CON=C(C)c1cccc(CC(=O)c2ccccc2C(=O)O)c1.CS(=O)(=O)NCc1cccc(CC(=O)c2ccccc2C(=O)O)c1. The average Bonchev–Trinajstić information content (AvgIpc) is 0.814. The first-order valence-electron chi connectivity index (χ1n) is 43.2. The summed E-state index contributed by atoms with van der Waals surface area (Å²) in [6, 6.07) is 82.1. The van der Waals surface area contributed by atoms with E-state index in [0.29, 0.717) is 22.8 Å². The molecule has 0 aliphatic carbocycles. The van der Waals surface area contributed by atoms with Gasteiger partial charge < -0.3 is 35.5 Å². The van der Waals surface area contributed by atoms with Crippen LogP contribution in [0.5, 0.6) is 0 Å². The number of nitrogens with zero attached hydrogens (tertiary/aromatic N) is 3. The maximum absolute atomic E-state index is 12.5. The highest BCUT2D eigenvalue weighted by molar-refractivity contribution is 7.88. The number of aryl methyl sites for hydroxylation is 1. The number of rotatable bonds is 37. The Labute approximate surface area is 796 Å². The quantitative estimate of drug-likeness (QED) is 0.0108. The fourth-order valence-corrected chi connectivity index (χ4v) is 14.8. The van der Waals surface area contributed by atoms with Gasteiger partial charge in [-0.1, -0.05) is 275 Å². The van der Waals surface area contributed by atoms with Crippen molar-refractivity contribution in [2.24, 2.45) is 10.1 Å². The van der Waals surface area contributed by atoms with E-state index in [0.717, 1.165) is 87.6 Å². The summed E-state index contributed by atoms with van der Waals surface area (Å²) in [4.78, 5) is 151. The minimum absolute atomic E-state index is 0.0192. The van der Waals surface area contributed by atoms with Crippen LogP contribution in [0.2, 0.25) is 0 Å². The van der Waals surface area contributed by atoms with Crippen molar-refractivity contribution in [2.45, 2.75) is 111 Å². The van der Waals surface area contributed by atoms with Crippen LogP contribution in [0, 0.1) is 0 Å². The number of carbonyl (C=O) groups is 12. The van der Waals surface area contributed by atoms with Crippen molar-refractivity contribution in [2.75, 3.05) is 33.7 Å². The lowest BCUT2D eigenvalue weighted by atomic mass is 9.94. The number of ketones is 6. The van der Waals surface area contributed by atoms with Crippen molar-refractivity contribution in [3.63, 3.8) is 0 Å². The summed E-state index contributed by atoms with van der Waals surface area (Å²) in [6.45, 7) is 10.5. The summed E-state index contributed by atoms with van der Waals surface area (Å²) in [5.41, 5.74) is 13.6. The first-order chi connectivity index (χ1) is 65.1. The molecule has 27 nitrogen and oxygen atoms in total. The van der Waals surface area contributed by atoms with E-state index in [1.807, 2.05) is 111 Å². The largest absolute Gasteiger partial charge is 0.478 e. The molecule has 0 aliphatic rings. The van der Waals surface area contributed by atoms with E-state index in [4.69, 9.17) is 25.3 Å². The molecule has 0 aromatic heterocycles. The lowest BCUT2D eigenvalue weighted by Gasteiger charge is -2.14. The van der Waals surface area contributed by atoms with Crippen LogP contribution in [0.4, 0.5) is 0 Å². The van der Waals surface area contributed by atoms with Crippen LogP contribution < -0.4 is 4.72 Å². The monoisotopic (exact) mass is 1890 g/mol. The van der Waals surface area contributed by atoms with Crippen LogP contribution in [-0.4, -0.2) is 167 Å². The van der Waals surface area contributed by atoms with E-state index in [9.17, 15) is 84.6 Å². The number of hydrogen-bond donors (Lipinski definition) is 7. The Morgan fingerprint density at radius 2 is 0.635 bits per heavy atom. The Kier molecular flexibility index (Phi) is 42.2. The van der Waals surface area contributed by atoms with E-state index < -0.39 is 55.9 Å². The number of sulfonamides is 2. The van der Waals surface area contributed by atoms with Crippen LogP contribution in [0.1, 0.15) is 244 Å². The van der Waals surface area contributed by atoms with Crippen molar-refractivity contribution in [3.05, 3.63) is 425 Å². The maximum atomic E-state index is 12.5. The normalized spacial score (nSPS) is 11.2. The van der Waals surface area contributed by atoms with Gasteiger partial charge in [0, 0.05) is 105 Å². The number of carbonyl (C=O) groups excluding carboxylic acids is 6. The highest BCUT2D eigenvalue weighted by Gasteiger charge is 2.24. The molecule has 0 saturated heterocycles. The van der Waals surface area contributed by atoms with Gasteiger partial charge in [-0.05, 0) is 148 Å². The molecule has 12 aromatic rings. The van der Waals surface area contributed by atoms with Gasteiger partial charge in [0.25, 0.3) is 0 Å². The maximum Gasteiger partial charge on any atom is 0.336 e. The summed E-state index contributed by atoms with van der Waals surface area (Å²) in [5.74, 6) is -7.51. The predicted molar refractivity (Wildman–Crippen MR) is 525 cm³/mol. The Bertz CT molecular complexity index is 6680. The molecule has 0 bridgehead atoms. The van der Waals surface area contributed by atoms with Crippen LogP contribution in [0.15, 0.2) is 301 Å². The molecule has 12 rings (SSSR count). The van der Waals surface area contributed by atoms with Crippen molar-refractivity contribution >= 4 is 102 Å². The molecule has 0 fully saturated rings. The van der Waals surface area contributed by atoms with Crippen molar-refractivity contribution < 1.29 is 110 Å². The number of nitrogens with one attached hydrogen (secondary N) is 1. The third-order valence-electron chi connectivity index (χ3n) is 21.5. The van der Waals surface area contributed by atoms with Crippen molar-refractivity contribution in [1.82, 2.24) is 9.03 Å². The number of carboxylic acids is 6. The Morgan fingerprint density at radius 3 is 0.949 bits per heavy atom. The number of oxime groups is 1. The number of benzene rings is 12. The molecule has 7 N–H and O–H groups in total. The summed E-state index contributed by atoms with van der Waals surface area (Å²) in [6.07, 6.45) is 6.02. The van der Waals surface area contributed by atoms with Gasteiger partial charge in [0.15, 0.2) is 34.7 Å². The number of carboxylic acid groups (broad SMARTS) is 6. The first-order valence-corrected chi connectivity index (χ1v) is 46.9. The zero-order chi connectivity index (χ0) is 101.